The van der Waals surface area contributed by atoms with Crippen molar-refractivity contribution in [3.05, 3.63) is 24.3 Å². The number of carbonyl (C=O) groups excluding carboxylic acids is 2. The topological polar surface area (TPSA) is 184 Å². The zero-order valence-corrected chi connectivity index (χ0v) is 51.0. The fraction of sp³-hybridized carbons (Fsp3) is 0.905. The summed E-state index contributed by atoms with van der Waals surface area (Å²) >= 11 is 0. The highest BCUT2D eigenvalue weighted by molar-refractivity contribution is 5.70. The van der Waals surface area contributed by atoms with Crippen LogP contribution < -0.4 is 0 Å². The quantitative estimate of drug-likeness (QED) is 0.0344. The van der Waals surface area contributed by atoms with E-state index in [9.17, 15) is 9.59 Å². The second kappa shape index (κ2) is 71.2. The highest BCUT2D eigenvalue weighted by atomic mass is 16.6. The van der Waals surface area contributed by atoms with Crippen molar-refractivity contribution in [1.29, 1.82) is 0 Å². The molecular formula is C63H120O17. The Bertz CT molecular complexity index is 1260. The molecule has 0 aromatic carbocycles. The predicted octanol–water partition coefficient (Wildman–Crippen LogP) is 11.7. The van der Waals surface area contributed by atoms with Gasteiger partial charge in [0.25, 0.3) is 0 Å². The lowest BCUT2D eigenvalue weighted by atomic mass is 10.1. The molecule has 0 aromatic rings. The van der Waals surface area contributed by atoms with Gasteiger partial charge in [0.1, 0.15) is 6.61 Å². The number of aliphatic hydroxyl groups excluding tert-OH is 1. The third-order valence-corrected chi connectivity index (χ3v) is 12.6. The summed E-state index contributed by atoms with van der Waals surface area (Å²) in [7, 11) is 0. The van der Waals surface area contributed by atoms with Crippen LogP contribution in [0.15, 0.2) is 24.3 Å². The second-order valence-corrected chi connectivity index (χ2v) is 20.0. The van der Waals surface area contributed by atoms with Gasteiger partial charge in [0.05, 0.1) is 165 Å². The second-order valence-electron chi connectivity index (χ2n) is 20.0. The lowest BCUT2D eigenvalue weighted by Gasteiger charge is -2.18. The van der Waals surface area contributed by atoms with E-state index in [1.807, 2.05) is 0 Å². The number of unbranched alkanes of at least 4 members (excludes halogenated alkanes) is 22. The van der Waals surface area contributed by atoms with Crippen LogP contribution in [-0.4, -0.2) is 195 Å². The highest BCUT2D eigenvalue weighted by Gasteiger charge is 2.18. The highest BCUT2D eigenvalue weighted by Crippen LogP contribution is 2.13. The Morgan fingerprint density at radius 1 is 0.300 bits per heavy atom. The van der Waals surface area contributed by atoms with Gasteiger partial charge in [0.2, 0.25) is 0 Å². The maximum atomic E-state index is 12.8. The fourth-order valence-corrected chi connectivity index (χ4v) is 8.00. The molecule has 0 aliphatic carbocycles. The molecule has 0 aliphatic rings. The molecule has 0 bridgehead atoms. The van der Waals surface area contributed by atoms with E-state index in [2.05, 4.69) is 38.2 Å². The maximum Gasteiger partial charge on any atom is 0.306 e. The largest absolute Gasteiger partial charge is 0.462 e. The van der Waals surface area contributed by atoms with Crippen LogP contribution in [0.2, 0.25) is 0 Å². The van der Waals surface area contributed by atoms with Crippen molar-refractivity contribution in [3.8, 4) is 0 Å². The van der Waals surface area contributed by atoms with E-state index in [1.54, 1.807) is 0 Å². The Labute approximate surface area is 487 Å². The molecule has 0 aromatic heterocycles. The molecule has 0 rings (SSSR count). The van der Waals surface area contributed by atoms with Gasteiger partial charge < -0.3 is 71.4 Å². The van der Waals surface area contributed by atoms with Crippen LogP contribution in [-0.2, 0) is 75.9 Å². The molecule has 0 amide bonds. The molecule has 0 aliphatic heterocycles. The SMILES string of the molecule is CCCCCCCC/C=C\CCCCCCCC(=O)OC[C@@H](COCCOCCOCCOCCOCCOCCOCCOCCOCCOCCOCCOCCO)OC(=O)CCCCCCC/C=C\CCCCCCCC. The number of hydrogen-bond donors (Lipinski definition) is 1. The predicted molar refractivity (Wildman–Crippen MR) is 317 cm³/mol. The van der Waals surface area contributed by atoms with Gasteiger partial charge in [-0.3, -0.25) is 9.59 Å². The molecule has 0 saturated heterocycles. The summed E-state index contributed by atoms with van der Waals surface area (Å²) in [5.74, 6) is -0.550. The zero-order chi connectivity index (χ0) is 57.6. The van der Waals surface area contributed by atoms with Gasteiger partial charge in [-0.25, -0.2) is 0 Å². The summed E-state index contributed by atoms with van der Waals surface area (Å²) in [5, 5.41) is 8.63. The van der Waals surface area contributed by atoms with Gasteiger partial charge >= 0.3 is 11.9 Å². The van der Waals surface area contributed by atoms with Gasteiger partial charge in [0, 0.05) is 12.8 Å². The first kappa shape index (κ1) is 77.9. The summed E-state index contributed by atoms with van der Waals surface area (Å²) in [6.07, 6.45) is 40.6. The Morgan fingerprint density at radius 2 is 0.550 bits per heavy atom. The van der Waals surface area contributed by atoms with E-state index in [1.165, 1.54) is 109 Å². The van der Waals surface area contributed by atoms with Crippen molar-refractivity contribution in [3.63, 3.8) is 0 Å². The summed E-state index contributed by atoms with van der Waals surface area (Å²) < 4.78 is 77.5. The molecule has 17 heteroatoms. The van der Waals surface area contributed by atoms with E-state index >= 15 is 0 Å². The minimum absolute atomic E-state index is 0.0170. The lowest BCUT2D eigenvalue weighted by molar-refractivity contribution is -0.163. The fourth-order valence-electron chi connectivity index (χ4n) is 8.00. The third kappa shape index (κ3) is 68.4. The Morgan fingerprint density at radius 3 is 0.850 bits per heavy atom. The summed E-state index contributed by atoms with van der Waals surface area (Å²) in [6.45, 7) is 15.1. The first-order chi connectivity index (χ1) is 39.6. The smallest absolute Gasteiger partial charge is 0.306 e. The van der Waals surface area contributed by atoms with Crippen molar-refractivity contribution in [2.75, 3.05) is 172 Å². The molecular weight excluding hydrogens is 1030 g/mol. The summed E-state index contributed by atoms with van der Waals surface area (Å²) in [4.78, 5) is 25.5. The van der Waals surface area contributed by atoms with Crippen LogP contribution >= 0.6 is 0 Å². The van der Waals surface area contributed by atoms with Crippen molar-refractivity contribution in [1.82, 2.24) is 0 Å². The Kier molecular flexibility index (Phi) is 69.3. The van der Waals surface area contributed by atoms with E-state index in [4.69, 9.17) is 71.4 Å². The minimum Gasteiger partial charge on any atom is -0.462 e. The number of hydrogen-bond acceptors (Lipinski definition) is 17. The van der Waals surface area contributed by atoms with Crippen molar-refractivity contribution in [2.24, 2.45) is 0 Å². The number of ether oxygens (including phenoxy) is 14. The van der Waals surface area contributed by atoms with E-state index in [-0.39, 0.29) is 31.8 Å². The van der Waals surface area contributed by atoms with Crippen LogP contribution in [0.25, 0.3) is 0 Å². The lowest BCUT2D eigenvalue weighted by Crippen LogP contribution is -2.30. The van der Waals surface area contributed by atoms with E-state index in [0.717, 1.165) is 57.8 Å². The molecule has 1 atom stereocenters. The molecule has 0 radical (unpaired) electrons. The van der Waals surface area contributed by atoms with Gasteiger partial charge in [-0.15, -0.1) is 0 Å². The molecule has 17 nitrogen and oxygen atoms in total. The minimum atomic E-state index is -0.668. The zero-order valence-electron chi connectivity index (χ0n) is 51.0. The normalized spacial score (nSPS) is 12.2. The average molecular weight is 1150 g/mol. The van der Waals surface area contributed by atoms with Gasteiger partial charge in [0.15, 0.2) is 6.10 Å². The molecule has 0 heterocycles. The molecule has 1 N–H and O–H groups in total. The number of esters is 2. The summed E-state index contributed by atoms with van der Waals surface area (Å²) in [5.41, 5.74) is 0. The van der Waals surface area contributed by atoms with Crippen LogP contribution in [0.5, 0.6) is 0 Å². The average Bonchev–Trinajstić information content (AvgIpc) is 3.46. The van der Waals surface area contributed by atoms with Crippen LogP contribution in [0, 0.1) is 0 Å². The molecule has 0 spiro atoms. The molecule has 0 unspecified atom stereocenters. The number of allylic oxidation sites excluding steroid dienone is 4. The van der Waals surface area contributed by atoms with Gasteiger partial charge in [-0.05, 0) is 64.2 Å². The summed E-state index contributed by atoms with van der Waals surface area (Å²) in [6, 6.07) is 0. The first-order valence-corrected chi connectivity index (χ1v) is 31.8. The number of carbonyl (C=O) groups is 2. The van der Waals surface area contributed by atoms with E-state index < -0.39 is 6.10 Å². The number of aliphatic hydroxyl groups is 1. The van der Waals surface area contributed by atoms with Crippen LogP contribution in [0.1, 0.15) is 194 Å². The Balaban J connectivity index is 4.01. The van der Waals surface area contributed by atoms with E-state index in [0.29, 0.717) is 165 Å². The maximum absolute atomic E-state index is 12.8. The van der Waals surface area contributed by atoms with Crippen molar-refractivity contribution in [2.45, 2.75) is 200 Å². The molecule has 0 saturated carbocycles. The Hall–Kier alpha value is -2.10. The third-order valence-electron chi connectivity index (χ3n) is 12.6. The number of rotatable bonds is 70. The molecule has 0 fully saturated rings. The molecule has 474 valence electrons. The van der Waals surface area contributed by atoms with Crippen molar-refractivity contribution >= 4 is 11.9 Å². The van der Waals surface area contributed by atoms with Crippen molar-refractivity contribution < 1.29 is 81.0 Å². The van der Waals surface area contributed by atoms with Crippen LogP contribution in [0.3, 0.4) is 0 Å². The molecule has 80 heavy (non-hydrogen) atoms. The van der Waals surface area contributed by atoms with Gasteiger partial charge in [-0.1, -0.05) is 141 Å². The van der Waals surface area contributed by atoms with Crippen LogP contribution in [0.4, 0.5) is 0 Å². The van der Waals surface area contributed by atoms with Gasteiger partial charge in [-0.2, -0.15) is 0 Å². The monoisotopic (exact) mass is 1150 g/mol. The first-order valence-electron chi connectivity index (χ1n) is 31.8. The standard InChI is InChI=1S/C63H120O17/c1-3-5-7-9-11-13-15-17-19-21-23-25-27-29-31-33-62(65)79-60-61(80-63(66)34-32-30-28-26-24-22-20-18-16-14-12-10-8-6-4-2)59-78-58-57-77-56-55-76-54-53-75-52-51-74-50-49-73-48-47-72-46-45-71-44-43-70-42-41-69-40-39-68-38-37-67-36-35-64/h17-20,61,64H,3-16,21-60H2,1-2H3/b19-17-,20-18-/t61-/m1/s1.